The molecule has 0 saturated heterocycles. The molecule has 1 rings (SSSR count). The Hall–Kier alpha value is -0.350. The molecule has 0 aliphatic rings. The molecule has 0 amide bonds. The Kier molecular flexibility index (Phi) is 5.19. The van der Waals surface area contributed by atoms with Gasteiger partial charge in [0.15, 0.2) is 0 Å². The van der Waals surface area contributed by atoms with Gasteiger partial charge in [-0.05, 0) is 12.3 Å². The van der Waals surface area contributed by atoms with Crippen LogP contribution in [-0.2, 0) is 6.42 Å². The lowest BCUT2D eigenvalue weighted by Gasteiger charge is -2.06. The van der Waals surface area contributed by atoms with Crippen molar-refractivity contribution in [1.29, 1.82) is 0 Å². The first-order valence-corrected chi connectivity index (χ1v) is 6.19. The fraction of sp³-hybridized carbons (Fsp3) is 0.778. The van der Waals surface area contributed by atoms with Crippen LogP contribution in [0.5, 0.6) is 0 Å². The van der Waals surface area contributed by atoms with Gasteiger partial charge in [0.05, 0.1) is 0 Å². The number of nitrogens with one attached hydrogen (secondary N) is 1. The molecule has 0 radical (unpaired) electrons. The number of nitrogens with zero attached hydrogens (tertiary/aromatic N) is 2. The zero-order chi connectivity index (χ0) is 10.4. The maximum atomic E-state index is 5.70. The number of halogens is 1. The van der Waals surface area contributed by atoms with Crippen molar-refractivity contribution in [2.24, 2.45) is 5.92 Å². The van der Waals surface area contributed by atoms with Crippen LogP contribution in [0.3, 0.4) is 0 Å². The lowest BCUT2D eigenvalue weighted by molar-refractivity contribution is 0.695. The average molecular weight is 234 g/mol. The van der Waals surface area contributed by atoms with Gasteiger partial charge in [-0.3, -0.25) is 0 Å². The van der Waals surface area contributed by atoms with Gasteiger partial charge >= 0.3 is 0 Å². The SMILES string of the molecule is CCCc1nsc(NCC(C)CCl)n1. The number of aryl methyl sites for hydroxylation is 1. The number of alkyl halides is 1. The van der Waals surface area contributed by atoms with Crippen molar-refractivity contribution >= 4 is 28.3 Å². The van der Waals surface area contributed by atoms with Gasteiger partial charge in [-0.15, -0.1) is 11.6 Å². The topological polar surface area (TPSA) is 37.8 Å². The van der Waals surface area contributed by atoms with E-state index in [1.807, 2.05) is 0 Å². The van der Waals surface area contributed by atoms with Crippen LogP contribution in [0.4, 0.5) is 5.13 Å². The highest BCUT2D eigenvalue weighted by atomic mass is 35.5. The van der Waals surface area contributed by atoms with Gasteiger partial charge < -0.3 is 5.32 Å². The molecular formula is C9H16ClN3S. The monoisotopic (exact) mass is 233 g/mol. The molecule has 1 unspecified atom stereocenters. The van der Waals surface area contributed by atoms with Gasteiger partial charge in [0, 0.05) is 30.4 Å². The molecule has 1 N–H and O–H groups in total. The molecule has 0 aliphatic heterocycles. The van der Waals surface area contributed by atoms with Crippen molar-refractivity contribution < 1.29 is 0 Å². The van der Waals surface area contributed by atoms with Crippen LogP contribution in [0.15, 0.2) is 0 Å². The summed E-state index contributed by atoms with van der Waals surface area (Å²) in [6.07, 6.45) is 2.05. The second kappa shape index (κ2) is 6.19. The smallest absolute Gasteiger partial charge is 0.202 e. The molecule has 0 aliphatic carbocycles. The van der Waals surface area contributed by atoms with Crippen LogP contribution in [0, 0.1) is 5.92 Å². The maximum absolute atomic E-state index is 5.70. The third-order valence-electron chi connectivity index (χ3n) is 1.81. The summed E-state index contributed by atoms with van der Waals surface area (Å²) in [5.41, 5.74) is 0. The van der Waals surface area contributed by atoms with Crippen LogP contribution in [0.2, 0.25) is 0 Å². The Balaban J connectivity index is 2.35. The Morgan fingerprint density at radius 1 is 1.57 bits per heavy atom. The zero-order valence-electron chi connectivity index (χ0n) is 8.59. The van der Waals surface area contributed by atoms with Crippen molar-refractivity contribution in [2.45, 2.75) is 26.7 Å². The molecule has 0 aromatic carbocycles. The summed E-state index contributed by atoms with van der Waals surface area (Å²) in [6, 6.07) is 0. The number of rotatable bonds is 6. The third-order valence-corrected chi connectivity index (χ3v) is 3.04. The molecule has 5 heteroatoms. The summed E-state index contributed by atoms with van der Waals surface area (Å²) < 4.78 is 4.24. The van der Waals surface area contributed by atoms with E-state index >= 15 is 0 Å². The minimum Gasteiger partial charge on any atom is -0.360 e. The molecule has 14 heavy (non-hydrogen) atoms. The zero-order valence-corrected chi connectivity index (χ0v) is 10.2. The fourth-order valence-electron chi connectivity index (χ4n) is 0.967. The van der Waals surface area contributed by atoms with E-state index < -0.39 is 0 Å². The summed E-state index contributed by atoms with van der Waals surface area (Å²) in [5.74, 6) is 2.09. The highest BCUT2D eigenvalue weighted by Crippen LogP contribution is 2.12. The number of anilines is 1. The van der Waals surface area contributed by atoms with Gasteiger partial charge in [0.1, 0.15) is 5.82 Å². The molecule has 80 valence electrons. The average Bonchev–Trinajstić information content (AvgIpc) is 2.63. The van der Waals surface area contributed by atoms with Crippen LogP contribution in [0.25, 0.3) is 0 Å². The molecule has 0 spiro atoms. The van der Waals surface area contributed by atoms with E-state index in [9.17, 15) is 0 Å². The van der Waals surface area contributed by atoms with Crippen molar-refractivity contribution in [3.8, 4) is 0 Å². The van der Waals surface area contributed by atoms with Crippen LogP contribution in [0.1, 0.15) is 26.1 Å². The highest BCUT2D eigenvalue weighted by molar-refractivity contribution is 7.09. The molecule has 0 saturated carbocycles. The van der Waals surface area contributed by atoms with Crippen molar-refractivity contribution in [1.82, 2.24) is 9.36 Å². The molecule has 1 aromatic heterocycles. The normalized spacial score (nSPS) is 12.8. The van der Waals surface area contributed by atoms with E-state index in [1.54, 1.807) is 0 Å². The fourth-order valence-corrected chi connectivity index (χ4v) is 1.69. The van der Waals surface area contributed by atoms with Crippen LogP contribution < -0.4 is 5.32 Å². The van der Waals surface area contributed by atoms with Gasteiger partial charge in [0.25, 0.3) is 0 Å². The van der Waals surface area contributed by atoms with Crippen molar-refractivity contribution in [2.75, 3.05) is 17.7 Å². The van der Waals surface area contributed by atoms with Gasteiger partial charge in [0.2, 0.25) is 5.13 Å². The minimum absolute atomic E-state index is 0.468. The van der Waals surface area contributed by atoms with Gasteiger partial charge in [-0.2, -0.15) is 4.37 Å². The van der Waals surface area contributed by atoms with E-state index in [0.717, 1.165) is 30.3 Å². The van der Waals surface area contributed by atoms with E-state index in [4.69, 9.17) is 11.6 Å². The summed E-state index contributed by atoms with van der Waals surface area (Å²) in [7, 11) is 0. The molecule has 0 fully saturated rings. The molecule has 0 bridgehead atoms. The van der Waals surface area contributed by atoms with E-state index in [0.29, 0.717) is 11.8 Å². The maximum Gasteiger partial charge on any atom is 0.202 e. The lowest BCUT2D eigenvalue weighted by Crippen LogP contribution is -2.12. The first kappa shape index (κ1) is 11.7. The summed E-state index contributed by atoms with van der Waals surface area (Å²) in [6.45, 7) is 5.10. The Labute approximate surface area is 94.1 Å². The summed E-state index contributed by atoms with van der Waals surface area (Å²) in [4.78, 5) is 4.36. The molecule has 1 aromatic rings. The van der Waals surface area contributed by atoms with Gasteiger partial charge in [-0.25, -0.2) is 4.98 Å². The van der Waals surface area contributed by atoms with Crippen LogP contribution in [-0.4, -0.2) is 21.8 Å². The quantitative estimate of drug-likeness (QED) is 0.768. The van der Waals surface area contributed by atoms with Crippen molar-refractivity contribution in [3.63, 3.8) is 0 Å². The predicted octanol–water partition coefficient (Wildman–Crippen LogP) is 2.78. The number of aromatic nitrogens is 2. The Morgan fingerprint density at radius 2 is 2.36 bits per heavy atom. The summed E-state index contributed by atoms with van der Waals surface area (Å²) in [5, 5.41) is 4.14. The first-order valence-electron chi connectivity index (χ1n) is 4.88. The van der Waals surface area contributed by atoms with E-state index in [1.165, 1.54) is 11.5 Å². The summed E-state index contributed by atoms with van der Waals surface area (Å²) >= 11 is 7.13. The molecule has 1 atom stereocenters. The first-order chi connectivity index (χ1) is 6.76. The van der Waals surface area contributed by atoms with Gasteiger partial charge in [-0.1, -0.05) is 13.8 Å². The van der Waals surface area contributed by atoms with Crippen LogP contribution >= 0.6 is 23.1 Å². The Bertz CT molecular complexity index is 264. The molecule has 3 nitrogen and oxygen atoms in total. The second-order valence-corrected chi connectivity index (χ2v) is 4.47. The standard InChI is InChI=1S/C9H16ClN3S/c1-3-4-8-12-9(14-13-8)11-6-7(2)5-10/h7H,3-6H2,1-2H3,(H,11,12,13). The predicted molar refractivity (Wildman–Crippen MR) is 62.3 cm³/mol. The highest BCUT2D eigenvalue weighted by Gasteiger charge is 2.04. The van der Waals surface area contributed by atoms with Crippen molar-refractivity contribution in [3.05, 3.63) is 5.82 Å². The number of hydrogen-bond donors (Lipinski definition) is 1. The Morgan fingerprint density at radius 3 is 3.00 bits per heavy atom. The molecule has 1 heterocycles. The number of hydrogen-bond acceptors (Lipinski definition) is 4. The second-order valence-electron chi connectivity index (χ2n) is 3.41. The van der Waals surface area contributed by atoms with E-state index in [2.05, 4.69) is 28.5 Å². The molecular weight excluding hydrogens is 218 g/mol. The largest absolute Gasteiger partial charge is 0.360 e. The lowest BCUT2D eigenvalue weighted by atomic mass is 10.2. The third kappa shape index (κ3) is 3.80. The minimum atomic E-state index is 0.468. The van der Waals surface area contributed by atoms with E-state index in [-0.39, 0.29) is 0 Å².